The van der Waals surface area contributed by atoms with Gasteiger partial charge < -0.3 is 10.6 Å². The lowest BCUT2D eigenvalue weighted by molar-refractivity contribution is 1.10. The topological polar surface area (TPSA) is 102 Å². The molecule has 0 radical (unpaired) electrons. The zero-order chi connectivity index (χ0) is 20.9. The van der Waals surface area contributed by atoms with Crippen molar-refractivity contribution in [2.24, 2.45) is 0 Å². The second-order valence-corrected chi connectivity index (χ2v) is 8.02. The molecule has 0 saturated carbocycles. The minimum Gasteiger partial charge on any atom is -0.369 e. The molecule has 0 bridgehead atoms. The number of hydrogen-bond donors (Lipinski definition) is 4. The highest BCUT2D eigenvalue weighted by molar-refractivity contribution is 7.85. The summed E-state index contributed by atoms with van der Waals surface area (Å²) < 4.78 is 7.80. The maximum Gasteiger partial charge on any atom is 0.229 e. The predicted octanol–water partition coefficient (Wildman–Crippen LogP) is 4.30. The van der Waals surface area contributed by atoms with E-state index in [1.165, 1.54) is 0 Å². The molecule has 4 rings (SSSR count). The average Bonchev–Trinajstić information content (AvgIpc) is 3.23. The third kappa shape index (κ3) is 4.31. The zero-order valence-electron chi connectivity index (χ0n) is 16.7. The number of rotatable bonds is 5. The van der Waals surface area contributed by atoms with Crippen molar-refractivity contribution in [3.63, 3.8) is 0 Å². The fraction of sp³-hybridized carbons (Fsp3) is 0.136. The molecule has 150 valence electrons. The van der Waals surface area contributed by atoms with Gasteiger partial charge >= 0.3 is 0 Å². The van der Waals surface area contributed by atoms with Gasteiger partial charge in [-0.05, 0) is 49.6 Å². The Kier molecular flexibility index (Phi) is 5.72. The van der Waals surface area contributed by atoms with Crippen LogP contribution in [0, 0.1) is 16.6 Å². The van der Waals surface area contributed by atoms with Crippen LogP contribution >= 0.6 is 0 Å². The van der Waals surface area contributed by atoms with Crippen LogP contribution in [0.4, 0.5) is 17.5 Å². The molecule has 0 aliphatic heterocycles. The van der Waals surface area contributed by atoms with Crippen molar-refractivity contribution in [1.82, 2.24) is 20.2 Å². The van der Waals surface area contributed by atoms with Crippen LogP contribution in [0.15, 0.2) is 59.8 Å². The molecule has 2 heterocycles. The van der Waals surface area contributed by atoms with Crippen LogP contribution in [-0.4, -0.2) is 33.0 Å². The standard InChI is InChI=1S/C22H21N7S/c1-3-24-21-16(8-7-15-5-4-6-20-19(15)14-26-29-20)13-25-22(28-21)27-17-9-11-18(12-10-17)30(2)23/h4-6,9-14,23H,3H2,1-2H3,(H,26,29)(H2,24,25,27,28). The second kappa shape index (κ2) is 8.76. The van der Waals surface area contributed by atoms with E-state index in [0.29, 0.717) is 11.8 Å². The number of aromatic amines is 1. The van der Waals surface area contributed by atoms with E-state index in [-0.39, 0.29) is 0 Å². The van der Waals surface area contributed by atoms with Crippen molar-refractivity contribution in [1.29, 1.82) is 4.78 Å². The van der Waals surface area contributed by atoms with Gasteiger partial charge in [-0.15, -0.1) is 0 Å². The van der Waals surface area contributed by atoms with Crippen LogP contribution in [0.25, 0.3) is 10.9 Å². The van der Waals surface area contributed by atoms with Crippen LogP contribution in [-0.2, 0) is 10.7 Å². The van der Waals surface area contributed by atoms with Gasteiger partial charge in [0.25, 0.3) is 0 Å². The van der Waals surface area contributed by atoms with Crippen molar-refractivity contribution in [3.05, 3.63) is 66.0 Å². The van der Waals surface area contributed by atoms with Crippen LogP contribution in [0.3, 0.4) is 0 Å². The van der Waals surface area contributed by atoms with Gasteiger partial charge in [-0.25, -0.2) is 4.98 Å². The van der Waals surface area contributed by atoms with Crippen molar-refractivity contribution in [2.75, 3.05) is 23.4 Å². The van der Waals surface area contributed by atoms with E-state index in [2.05, 4.69) is 42.6 Å². The molecular formula is C22H21N7S. The molecule has 8 heteroatoms. The van der Waals surface area contributed by atoms with Crippen molar-refractivity contribution < 1.29 is 0 Å². The molecule has 4 aromatic rings. The molecule has 0 fully saturated rings. The third-order valence-corrected chi connectivity index (χ3v) is 5.39. The summed E-state index contributed by atoms with van der Waals surface area (Å²) in [4.78, 5) is 10.0. The Balaban J connectivity index is 1.61. The Morgan fingerprint density at radius 1 is 1.07 bits per heavy atom. The number of benzene rings is 2. The first-order chi connectivity index (χ1) is 14.6. The molecule has 0 aliphatic rings. The molecule has 30 heavy (non-hydrogen) atoms. The van der Waals surface area contributed by atoms with Crippen LogP contribution in [0.2, 0.25) is 0 Å². The second-order valence-electron chi connectivity index (χ2n) is 6.53. The summed E-state index contributed by atoms with van der Waals surface area (Å²) in [6, 6.07) is 13.6. The largest absolute Gasteiger partial charge is 0.369 e. The molecule has 0 aliphatic carbocycles. The summed E-state index contributed by atoms with van der Waals surface area (Å²) in [5, 5.41) is 14.5. The number of fused-ring (bicyclic) bond motifs is 1. The van der Waals surface area contributed by atoms with E-state index < -0.39 is 10.7 Å². The number of nitrogens with zero attached hydrogens (tertiary/aromatic N) is 3. The van der Waals surface area contributed by atoms with Gasteiger partial charge in [-0.1, -0.05) is 28.6 Å². The lowest BCUT2D eigenvalue weighted by atomic mass is 10.1. The van der Waals surface area contributed by atoms with E-state index >= 15 is 0 Å². The Morgan fingerprint density at radius 2 is 1.87 bits per heavy atom. The SMILES string of the molecule is CCNc1nc(Nc2ccc(S(C)=N)cc2)ncc1C#Cc1cccc2[nH]ncc12. The normalized spacial score (nSPS) is 11.5. The van der Waals surface area contributed by atoms with Gasteiger partial charge in [0.1, 0.15) is 5.82 Å². The zero-order valence-corrected chi connectivity index (χ0v) is 17.5. The van der Waals surface area contributed by atoms with E-state index in [9.17, 15) is 0 Å². The summed E-state index contributed by atoms with van der Waals surface area (Å²) in [6.07, 6.45) is 5.37. The smallest absolute Gasteiger partial charge is 0.229 e. The van der Waals surface area contributed by atoms with Crippen molar-refractivity contribution >= 4 is 39.0 Å². The van der Waals surface area contributed by atoms with E-state index in [1.807, 2.05) is 55.6 Å². The first-order valence-electron chi connectivity index (χ1n) is 9.43. The molecule has 2 aromatic heterocycles. The van der Waals surface area contributed by atoms with Gasteiger partial charge in [0.2, 0.25) is 5.95 Å². The Labute approximate surface area is 177 Å². The highest BCUT2D eigenvalue weighted by atomic mass is 32.2. The number of aromatic nitrogens is 4. The maximum atomic E-state index is 7.80. The number of anilines is 3. The minimum absolute atomic E-state index is 0.488. The summed E-state index contributed by atoms with van der Waals surface area (Å²) >= 11 is 0. The fourth-order valence-corrected chi connectivity index (χ4v) is 3.46. The van der Waals surface area contributed by atoms with Gasteiger partial charge in [-0.3, -0.25) is 9.88 Å². The fourth-order valence-electron chi connectivity index (χ4n) is 2.92. The van der Waals surface area contributed by atoms with Crippen LogP contribution in [0.1, 0.15) is 18.1 Å². The number of hydrogen-bond acceptors (Lipinski definition) is 6. The lowest BCUT2D eigenvalue weighted by Crippen LogP contribution is -2.06. The first-order valence-corrected chi connectivity index (χ1v) is 11.1. The molecule has 0 spiro atoms. The number of nitrogens with one attached hydrogen (secondary N) is 4. The molecule has 1 unspecified atom stereocenters. The van der Waals surface area contributed by atoms with Gasteiger partial charge in [0.05, 0.1) is 23.5 Å². The van der Waals surface area contributed by atoms with Crippen molar-refractivity contribution in [2.45, 2.75) is 11.8 Å². The maximum absolute atomic E-state index is 7.80. The van der Waals surface area contributed by atoms with Gasteiger partial charge in [0.15, 0.2) is 0 Å². The molecule has 0 amide bonds. The average molecular weight is 416 g/mol. The Morgan fingerprint density at radius 3 is 2.63 bits per heavy atom. The Hall–Kier alpha value is -3.70. The predicted molar refractivity (Wildman–Crippen MR) is 122 cm³/mol. The highest BCUT2D eigenvalue weighted by Crippen LogP contribution is 2.19. The summed E-state index contributed by atoms with van der Waals surface area (Å²) in [5.41, 5.74) is 3.45. The summed E-state index contributed by atoms with van der Waals surface area (Å²) in [5.74, 6) is 7.56. The lowest BCUT2D eigenvalue weighted by Gasteiger charge is -2.09. The van der Waals surface area contributed by atoms with Gasteiger partial charge in [-0.2, -0.15) is 10.1 Å². The minimum atomic E-state index is -0.508. The van der Waals surface area contributed by atoms with Crippen molar-refractivity contribution in [3.8, 4) is 11.8 Å². The molecule has 7 nitrogen and oxygen atoms in total. The molecule has 1 atom stereocenters. The molecule has 0 saturated heterocycles. The van der Waals surface area contributed by atoms with Crippen LogP contribution < -0.4 is 10.6 Å². The van der Waals surface area contributed by atoms with E-state index in [1.54, 1.807) is 12.4 Å². The first kappa shape index (κ1) is 19.6. The summed E-state index contributed by atoms with van der Waals surface area (Å²) in [7, 11) is -0.508. The Bertz CT molecular complexity index is 1270. The van der Waals surface area contributed by atoms with Gasteiger partial charge in [0, 0.05) is 28.1 Å². The van der Waals surface area contributed by atoms with E-state index in [0.717, 1.165) is 39.2 Å². The molecule has 4 N–H and O–H groups in total. The monoisotopic (exact) mass is 415 g/mol. The number of H-pyrrole nitrogens is 1. The molecular weight excluding hydrogens is 394 g/mol. The summed E-state index contributed by atoms with van der Waals surface area (Å²) in [6.45, 7) is 2.74. The highest BCUT2D eigenvalue weighted by Gasteiger charge is 2.06. The quantitative estimate of drug-likeness (QED) is 0.364. The molecule has 2 aromatic carbocycles. The third-order valence-electron chi connectivity index (χ3n) is 4.41. The van der Waals surface area contributed by atoms with Crippen LogP contribution in [0.5, 0.6) is 0 Å². The van der Waals surface area contributed by atoms with E-state index in [4.69, 9.17) is 4.78 Å².